The van der Waals surface area contributed by atoms with Crippen molar-refractivity contribution < 1.29 is 18.4 Å². The molecule has 0 radical (unpaired) electrons. The summed E-state index contributed by atoms with van der Waals surface area (Å²) in [6.45, 7) is 3.18. The van der Waals surface area contributed by atoms with Crippen LogP contribution < -0.4 is 4.90 Å². The molecule has 5 nitrogen and oxygen atoms in total. The summed E-state index contributed by atoms with van der Waals surface area (Å²) in [6.07, 6.45) is 2.75. The Labute approximate surface area is 222 Å². The van der Waals surface area contributed by atoms with E-state index in [0.29, 0.717) is 44.8 Å². The van der Waals surface area contributed by atoms with Crippen LogP contribution in [0.2, 0.25) is 0 Å². The molecule has 2 aliphatic heterocycles. The molecule has 1 unspecified atom stereocenters. The number of piperazine rings is 1. The van der Waals surface area contributed by atoms with Crippen molar-refractivity contribution in [2.75, 3.05) is 44.2 Å². The van der Waals surface area contributed by atoms with Crippen LogP contribution in [0, 0.1) is 11.6 Å². The lowest BCUT2D eigenvalue weighted by atomic mass is 9.87. The molecule has 2 heterocycles. The van der Waals surface area contributed by atoms with Crippen LogP contribution in [0.25, 0.3) is 0 Å². The van der Waals surface area contributed by atoms with Crippen molar-refractivity contribution in [2.24, 2.45) is 0 Å². The zero-order valence-corrected chi connectivity index (χ0v) is 21.5. The average Bonchev–Trinajstić information content (AvgIpc) is 3.12. The lowest BCUT2D eigenvalue weighted by Crippen LogP contribution is -2.51. The maximum atomic E-state index is 14.4. The van der Waals surface area contributed by atoms with Crippen molar-refractivity contribution >= 4 is 17.5 Å². The van der Waals surface area contributed by atoms with E-state index in [9.17, 15) is 18.4 Å². The minimum Gasteiger partial charge on any atom is -0.340 e. The van der Waals surface area contributed by atoms with Crippen molar-refractivity contribution in [1.29, 1.82) is 0 Å². The second kappa shape index (κ2) is 11.9. The van der Waals surface area contributed by atoms with Gasteiger partial charge in [0.25, 0.3) is 0 Å². The van der Waals surface area contributed by atoms with Crippen LogP contribution in [0.15, 0.2) is 72.8 Å². The van der Waals surface area contributed by atoms with Crippen molar-refractivity contribution in [3.63, 3.8) is 0 Å². The summed E-state index contributed by atoms with van der Waals surface area (Å²) >= 11 is 0. The van der Waals surface area contributed by atoms with Crippen LogP contribution in [0.1, 0.15) is 41.9 Å². The first-order valence-corrected chi connectivity index (χ1v) is 13.4. The van der Waals surface area contributed by atoms with Crippen LogP contribution in [0.3, 0.4) is 0 Å². The van der Waals surface area contributed by atoms with Gasteiger partial charge in [0.05, 0.1) is 12.2 Å². The third-order valence-electron chi connectivity index (χ3n) is 7.66. The highest BCUT2D eigenvalue weighted by Gasteiger charge is 2.30. The first-order valence-electron chi connectivity index (χ1n) is 13.4. The predicted molar refractivity (Wildman–Crippen MR) is 144 cm³/mol. The summed E-state index contributed by atoms with van der Waals surface area (Å²) < 4.78 is 27.9. The van der Waals surface area contributed by atoms with Crippen LogP contribution in [-0.2, 0) is 16.0 Å². The van der Waals surface area contributed by atoms with Gasteiger partial charge < -0.3 is 9.80 Å². The lowest BCUT2D eigenvalue weighted by Gasteiger charge is -2.35. The molecular formula is C31H33F2N3O2. The van der Waals surface area contributed by atoms with Crippen molar-refractivity contribution in [3.05, 3.63) is 101 Å². The van der Waals surface area contributed by atoms with Gasteiger partial charge in [-0.15, -0.1) is 0 Å². The third kappa shape index (κ3) is 6.10. The van der Waals surface area contributed by atoms with E-state index in [1.165, 1.54) is 24.3 Å². The maximum Gasteiger partial charge on any atom is 0.241 e. The fourth-order valence-electron chi connectivity index (χ4n) is 5.56. The Morgan fingerprint density at radius 1 is 0.789 bits per heavy atom. The summed E-state index contributed by atoms with van der Waals surface area (Å²) in [4.78, 5) is 31.8. The summed E-state index contributed by atoms with van der Waals surface area (Å²) in [5, 5.41) is 0. The number of hydrogen-bond donors (Lipinski definition) is 0. The minimum absolute atomic E-state index is 0.0329. The molecule has 0 aromatic heterocycles. The second-order valence-corrected chi connectivity index (χ2v) is 10.1. The van der Waals surface area contributed by atoms with Crippen LogP contribution in [0.5, 0.6) is 0 Å². The zero-order valence-electron chi connectivity index (χ0n) is 21.5. The van der Waals surface area contributed by atoms with E-state index in [1.54, 1.807) is 23.1 Å². The number of halogens is 2. The van der Waals surface area contributed by atoms with E-state index in [-0.39, 0.29) is 35.9 Å². The van der Waals surface area contributed by atoms with Gasteiger partial charge in [0.1, 0.15) is 11.6 Å². The Bertz CT molecular complexity index is 1260. The SMILES string of the molecule is O=C(CCc1ccccc1)N1CCN(CC(=O)N2CCCC(c3ccc(F)cc3)c3ccc(F)cc32)CC1. The highest BCUT2D eigenvalue weighted by molar-refractivity contribution is 5.96. The van der Waals surface area contributed by atoms with E-state index < -0.39 is 0 Å². The molecular weight excluding hydrogens is 484 g/mol. The summed E-state index contributed by atoms with van der Waals surface area (Å²) in [6, 6.07) is 21.0. The Hall–Kier alpha value is -3.58. The Morgan fingerprint density at radius 3 is 2.24 bits per heavy atom. The van der Waals surface area contributed by atoms with Gasteiger partial charge in [-0.25, -0.2) is 8.78 Å². The minimum atomic E-state index is -0.385. The molecule has 7 heteroatoms. The Morgan fingerprint density at radius 2 is 1.50 bits per heavy atom. The van der Waals surface area contributed by atoms with Gasteiger partial charge in [0, 0.05) is 45.1 Å². The number of hydrogen-bond acceptors (Lipinski definition) is 3. The fourth-order valence-corrected chi connectivity index (χ4v) is 5.56. The molecule has 1 fully saturated rings. The van der Waals surface area contributed by atoms with Gasteiger partial charge in [-0.1, -0.05) is 48.5 Å². The number of carbonyl (C=O) groups excluding carboxylic acids is 2. The quantitative estimate of drug-likeness (QED) is 0.462. The molecule has 2 amide bonds. The van der Waals surface area contributed by atoms with Crippen molar-refractivity contribution in [1.82, 2.24) is 9.80 Å². The summed E-state index contributed by atoms with van der Waals surface area (Å²) in [7, 11) is 0. The highest BCUT2D eigenvalue weighted by atomic mass is 19.1. The number of amides is 2. The number of rotatable bonds is 6. The Kier molecular flexibility index (Phi) is 8.13. The van der Waals surface area contributed by atoms with E-state index in [0.717, 1.165) is 36.0 Å². The number of benzene rings is 3. The van der Waals surface area contributed by atoms with Gasteiger partial charge in [0.15, 0.2) is 0 Å². The normalized spacial score (nSPS) is 18.1. The van der Waals surface area contributed by atoms with E-state index in [1.807, 2.05) is 35.2 Å². The largest absolute Gasteiger partial charge is 0.340 e. The number of aryl methyl sites for hydroxylation is 1. The molecule has 198 valence electrons. The highest BCUT2D eigenvalue weighted by Crippen LogP contribution is 2.39. The molecule has 0 spiro atoms. The molecule has 38 heavy (non-hydrogen) atoms. The van der Waals surface area contributed by atoms with Gasteiger partial charge in [0.2, 0.25) is 11.8 Å². The van der Waals surface area contributed by atoms with E-state index in [2.05, 4.69) is 4.90 Å². The Balaban J connectivity index is 1.21. The van der Waals surface area contributed by atoms with Crippen LogP contribution in [0.4, 0.5) is 14.5 Å². The smallest absolute Gasteiger partial charge is 0.241 e. The zero-order chi connectivity index (χ0) is 26.5. The molecule has 0 aliphatic carbocycles. The van der Waals surface area contributed by atoms with E-state index in [4.69, 9.17) is 0 Å². The molecule has 1 atom stereocenters. The number of anilines is 1. The molecule has 5 rings (SSSR count). The molecule has 0 bridgehead atoms. The van der Waals surface area contributed by atoms with E-state index >= 15 is 0 Å². The first-order chi connectivity index (χ1) is 18.5. The van der Waals surface area contributed by atoms with Gasteiger partial charge in [-0.3, -0.25) is 14.5 Å². The monoisotopic (exact) mass is 517 g/mol. The summed E-state index contributed by atoms with van der Waals surface area (Å²) in [5.74, 6) is -0.640. The van der Waals surface area contributed by atoms with Gasteiger partial charge >= 0.3 is 0 Å². The number of fused-ring (bicyclic) bond motifs is 1. The number of carbonyl (C=O) groups is 2. The summed E-state index contributed by atoms with van der Waals surface area (Å²) in [5.41, 5.74) is 3.59. The maximum absolute atomic E-state index is 14.4. The van der Waals surface area contributed by atoms with Crippen molar-refractivity contribution in [3.8, 4) is 0 Å². The molecule has 0 N–H and O–H groups in total. The average molecular weight is 518 g/mol. The van der Waals surface area contributed by atoms with Crippen molar-refractivity contribution in [2.45, 2.75) is 31.6 Å². The molecule has 1 saturated heterocycles. The fraction of sp³-hybridized carbons (Fsp3) is 0.355. The van der Waals surface area contributed by atoms with Crippen LogP contribution >= 0.6 is 0 Å². The standard InChI is InChI=1S/C31H33F2N3O2/c32-25-11-9-24(10-12-25)27-7-4-16-36(29-21-26(33)13-14-28(27)29)31(38)22-34-17-19-35(20-18-34)30(37)15-8-23-5-2-1-3-6-23/h1-3,5-6,9-14,21,27H,4,7-8,15-20,22H2. The third-order valence-corrected chi connectivity index (χ3v) is 7.66. The molecule has 3 aromatic carbocycles. The predicted octanol–water partition coefficient (Wildman–Crippen LogP) is 5.00. The number of nitrogens with zero attached hydrogens (tertiary/aromatic N) is 3. The molecule has 2 aliphatic rings. The van der Waals surface area contributed by atoms with Gasteiger partial charge in [-0.05, 0) is 60.2 Å². The second-order valence-electron chi connectivity index (χ2n) is 10.1. The first kappa shape index (κ1) is 26.0. The van der Waals surface area contributed by atoms with Gasteiger partial charge in [-0.2, -0.15) is 0 Å². The lowest BCUT2D eigenvalue weighted by molar-refractivity contribution is -0.133. The topological polar surface area (TPSA) is 43.9 Å². The molecule has 0 saturated carbocycles. The molecule has 3 aromatic rings. The van der Waals surface area contributed by atoms with Crippen LogP contribution in [-0.4, -0.2) is 60.9 Å².